The van der Waals surface area contributed by atoms with Gasteiger partial charge in [0, 0.05) is 6.54 Å². The summed E-state index contributed by atoms with van der Waals surface area (Å²) in [4.78, 5) is 0.152. The minimum absolute atomic E-state index is 0.152. The second kappa shape index (κ2) is 6.78. The van der Waals surface area contributed by atoms with Crippen LogP contribution in [0.15, 0.2) is 23.1 Å². The Labute approximate surface area is 126 Å². The Kier molecular flexibility index (Phi) is 5.86. The van der Waals surface area contributed by atoms with E-state index in [1.807, 2.05) is 0 Å². The van der Waals surface area contributed by atoms with Crippen LogP contribution < -0.4 is 9.46 Å². The van der Waals surface area contributed by atoms with Crippen LogP contribution in [0, 0.1) is 5.41 Å². The molecule has 0 aliphatic rings. The number of rotatable bonds is 6. The van der Waals surface area contributed by atoms with E-state index >= 15 is 0 Å². The molecule has 1 aromatic rings. The molecule has 0 aromatic heterocycles. The molecular formula is C14H22ClNO3S. The summed E-state index contributed by atoms with van der Waals surface area (Å²) < 4.78 is 31.8. The summed E-state index contributed by atoms with van der Waals surface area (Å²) in [6, 6.07) is 4.43. The van der Waals surface area contributed by atoms with Crippen LogP contribution >= 0.6 is 11.6 Å². The molecule has 0 saturated heterocycles. The zero-order valence-electron chi connectivity index (χ0n) is 12.4. The minimum Gasteiger partial charge on any atom is -0.495 e. The van der Waals surface area contributed by atoms with Gasteiger partial charge in [0.15, 0.2) is 0 Å². The van der Waals surface area contributed by atoms with Gasteiger partial charge in [0.1, 0.15) is 5.75 Å². The largest absolute Gasteiger partial charge is 0.495 e. The molecule has 0 aliphatic heterocycles. The number of benzene rings is 1. The molecule has 0 fully saturated rings. The molecule has 0 aliphatic carbocycles. The number of sulfonamides is 1. The summed E-state index contributed by atoms with van der Waals surface area (Å²) in [5, 5.41) is 0.282. The Morgan fingerprint density at radius 2 is 1.95 bits per heavy atom. The first kappa shape index (κ1) is 17.3. The molecule has 1 aromatic carbocycles. The van der Waals surface area contributed by atoms with E-state index in [2.05, 4.69) is 25.5 Å². The summed E-state index contributed by atoms with van der Waals surface area (Å²) >= 11 is 5.94. The van der Waals surface area contributed by atoms with E-state index in [1.165, 1.54) is 19.2 Å². The first-order valence-electron chi connectivity index (χ1n) is 6.49. The van der Waals surface area contributed by atoms with Gasteiger partial charge in [-0.25, -0.2) is 13.1 Å². The van der Waals surface area contributed by atoms with Gasteiger partial charge in [-0.05, 0) is 36.5 Å². The standard InChI is InChI=1S/C14H22ClNO3S/c1-14(2,3)8-5-9-16-20(17,18)11-6-7-13(19-4)12(15)10-11/h6-7,10,16H,5,8-9H2,1-4H3. The number of methoxy groups -OCH3 is 1. The van der Waals surface area contributed by atoms with Crippen molar-refractivity contribution in [3.8, 4) is 5.75 Å². The fourth-order valence-corrected chi connectivity index (χ4v) is 3.15. The van der Waals surface area contributed by atoms with Crippen molar-refractivity contribution < 1.29 is 13.2 Å². The maximum Gasteiger partial charge on any atom is 0.240 e. The molecule has 114 valence electrons. The minimum atomic E-state index is -3.52. The molecule has 4 nitrogen and oxygen atoms in total. The SMILES string of the molecule is COc1ccc(S(=O)(=O)NCCCC(C)(C)C)cc1Cl. The smallest absolute Gasteiger partial charge is 0.240 e. The van der Waals surface area contributed by atoms with Crippen LogP contribution in [-0.4, -0.2) is 22.1 Å². The van der Waals surface area contributed by atoms with E-state index in [0.717, 1.165) is 12.8 Å². The zero-order valence-corrected chi connectivity index (χ0v) is 13.9. The average Bonchev–Trinajstić information content (AvgIpc) is 2.33. The Balaban J connectivity index is 2.67. The number of nitrogens with one attached hydrogen (secondary N) is 1. The van der Waals surface area contributed by atoms with E-state index in [0.29, 0.717) is 12.3 Å². The van der Waals surface area contributed by atoms with Gasteiger partial charge in [-0.1, -0.05) is 32.4 Å². The molecule has 20 heavy (non-hydrogen) atoms. The van der Waals surface area contributed by atoms with Gasteiger partial charge >= 0.3 is 0 Å². The maximum absolute atomic E-state index is 12.1. The fourth-order valence-electron chi connectivity index (χ4n) is 1.72. The summed E-state index contributed by atoms with van der Waals surface area (Å²) in [6.07, 6.45) is 1.76. The Morgan fingerprint density at radius 3 is 2.45 bits per heavy atom. The van der Waals surface area contributed by atoms with Gasteiger partial charge in [-0.3, -0.25) is 0 Å². The zero-order chi connectivity index (χ0) is 15.4. The highest BCUT2D eigenvalue weighted by Crippen LogP contribution is 2.27. The molecule has 6 heteroatoms. The number of ether oxygens (including phenoxy) is 1. The summed E-state index contributed by atoms with van der Waals surface area (Å²) in [7, 11) is -2.03. The lowest BCUT2D eigenvalue weighted by molar-refractivity contribution is 0.365. The molecule has 0 atom stereocenters. The predicted octanol–water partition coefficient (Wildman–Crippen LogP) is 3.45. The van der Waals surface area contributed by atoms with Crippen LogP contribution in [0.2, 0.25) is 5.02 Å². The normalized spacial score (nSPS) is 12.4. The van der Waals surface area contributed by atoms with Crippen molar-refractivity contribution in [3.63, 3.8) is 0 Å². The first-order valence-corrected chi connectivity index (χ1v) is 8.35. The summed E-state index contributed by atoms with van der Waals surface area (Å²) in [5.41, 5.74) is 0.203. The molecule has 1 rings (SSSR count). The lowest BCUT2D eigenvalue weighted by atomic mass is 9.91. The van der Waals surface area contributed by atoms with Gasteiger partial charge in [0.05, 0.1) is 17.0 Å². The van der Waals surface area contributed by atoms with Crippen LogP contribution in [0.4, 0.5) is 0 Å². The third kappa shape index (κ3) is 5.31. The molecule has 0 spiro atoms. The molecular weight excluding hydrogens is 298 g/mol. The van der Waals surface area contributed by atoms with Gasteiger partial charge in [-0.15, -0.1) is 0 Å². The summed E-state index contributed by atoms with van der Waals surface area (Å²) in [5.74, 6) is 0.457. The van der Waals surface area contributed by atoms with Gasteiger partial charge in [-0.2, -0.15) is 0 Å². The highest BCUT2D eigenvalue weighted by molar-refractivity contribution is 7.89. The van der Waals surface area contributed by atoms with Gasteiger partial charge in [0.25, 0.3) is 0 Å². The average molecular weight is 320 g/mol. The quantitative estimate of drug-likeness (QED) is 0.817. The topological polar surface area (TPSA) is 55.4 Å². The molecule has 0 unspecified atom stereocenters. The van der Waals surface area contributed by atoms with E-state index in [4.69, 9.17) is 16.3 Å². The lowest BCUT2D eigenvalue weighted by Gasteiger charge is -2.17. The summed E-state index contributed by atoms with van der Waals surface area (Å²) in [6.45, 7) is 6.81. The second-order valence-electron chi connectivity index (χ2n) is 5.86. The van der Waals surface area contributed by atoms with Gasteiger partial charge < -0.3 is 4.74 Å². The van der Waals surface area contributed by atoms with Crippen LogP contribution in [0.3, 0.4) is 0 Å². The predicted molar refractivity (Wildman–Crippen MR) is 81.9 cm³/mol. The van der Waals surface area contributed by atoms with Crippen molar-refractivity contribution >= 4 is 21.6 Å². The lowest BCUT2D eigenvalue weighted by Crippen LogP contribution is -2.25. The van der Waals surface area contributed by atoms with Crippen molar-refractivity contribution in [1.82, 2.24) is 4.72 Å². The van der Waals surface area contributed by atoms with Crippen molar-refractivity contribution in [2.45, 2.75) is 38.5 Å². The van der Waals surface area contributed by atoms with Crippen LogP contribution in [0.25, 0.3) is 0 Å². The molecule has 0 bridgehead atoms. The van der Waals surface area contributed by atoms with Crippen molar-refractivity contribution in [1.29, 1.82) is 0 Å². The number of halogens is 1. The first-order chi connectivity index (χ1) is 9.15. The second-order valence-corrected chi connectivity index (χ2v) is 8.03. The molecule has 0 radical (unpaired) electrons. The number of hydrogen-bond acceptors (Lipinski definition) is 3. The molecule has 1 N–H and O–H groups in total. The Bertz CT molecular complexity index is 550. The highest BCUT2D eigenvalue weighted by Gasteiger charge is 2.16. The third-order valence-electron chi connectivity index (χ3n) is 2.83. The molecule has 0 saturated carbocycles. The monoisotopic (exact) mass is 319 g/mol. The van der Waals surface area contributed by atoms with Crippen LogP contribution in [-0.2, 0) is 10.0 Å². The third-order valence-corrected chi connectivity index (χ3v) is 4.58. The van der Waals surface area contributed by atoms with E-state index in [1.54, 1.807) is 6.07 Å². The Morgan fingerprint density at radius 1 is 1.30 bits per heavy atom. The molecule has 0 heterocycles. The van der Waals surface area contributed by atoms with Crippen LogP contribution in [0.5, 0.6) is 5.75 Å². The van der Waals surface area contributed by atoms with E-state index in [9.17, 15) is 8.42 Å². The van der Waals surface area contributed by atoms with Crippen LogP contribution in [0.1, 0.15) is 33.6 Å². The van der Waals surface area contributed by atoms with Gasteiger partial charge in [0.2, 0.25) is 10.0 Å². The van der Waals surface area contributed by atoms with Crippen molar-refractivity contribution in [2.24, 2.45) is 5.41 Å². The fraction of sp³-hybridized carbons (Fsp3) is 0.571. The van der Waals surface area contributed by atoms with Crippen molar-refractivity contribution in [3.05, 3.63) is 23.2 Å². The van der Waals surface area contributed by atoms with E-state index in [-0.39, 0.29) is 15.3 Å². The van der Waals surface area contributed by atoms with Crippen molar-refractivity contribution in [2.75, 3.05) is 13.7 Å². The number of hydrogen-bond donors (Lipinski definition) is 1. The van der Waals surface area contributed by atoms with E-state index < -0.39 is 10.0 Å². The maximum atomic E-state index is 12.1. The Hall–Kier alpha value is -0.780. The molecule has 0 amide bonds. The highest BCUT2D eigenvalue weighted by atomic mass is 35.5.